The number of carbonyl (C=O) groups excluding carboxylic acids is 2. The Balaban J connectivity index is 2.04. The van der Waals surface area contributed by atoms with Gasteiger partial charge in [-0.15, -0.1) is 0 Å². The van der Waals surface area contributed by atoms with Crippen molar-refractivity contribution in [1.82, 2.24) is 0 Å². The fourth-order valence-electron chi connectivity index (χ4n) is 2.14. The number of nitro benzene ring substituents is 2. The zero-order chi connectivity index (χ0) is 20.8. The molecular weight excluding hydrogens is 379 g/mol. The number of carbonyl (C=O) groups is 2. The quantitative estimate of drug-likeness (QED) is 0.414. The summed E-state index contributed by atoms with van der Waals surface area (Å²) in [6.07, 6.45) is 0. The molecule has 146 valence electrons. The summed E-state index contributed by atoms with van der Waals surface area (Å²) < 4.78 is 18.4. The summed E-state index contributed by atoms with van der Waals surface area (Å²) in [5.41, 5.74) is -1.24. The molecule has 0 heterocycles. The molecule has 0 aliphatic rings. The van der Waals surface area contributed by atoms with Crippen LogP contribution in [-0.2, 0) is 9.53 Å². The zero-order valence-electron chi connectivity index (χ0n) is 14.3. The molecular formula is C16H13FN4O7. The van der Waals surface area contributed by atoms with E-state index in [0.717, 1.165) is 24.3 Å². The molecule has 2 aromatic carbocycles. The topological polar surface area (TPSA) is 154 Å². The summed E-state index contributed by atoms with van der Waals surface area (Å²) in [6, 6.07) is 6.09. The molecule has 1 amide bonds. The lowest BCUT2D eigenvalue weighted by Crippen LogP contribution is -2.21. The number of nitrogens with zero attached hydrogens (tertiary/aromatic N) is 2. The minimum absolute atomic E-state index is 0.167. The maximum atomic E-state index is 13.6. The van der Waals surface area contributed by atoms with Gasteiger partial charge in [0.1, 0.15) is 11.5 Å². The van der Waals surface area contributed by atoms with Gasteiger partial charge in [0.2, 0.25) is 0 Å². The predicted molar refractivity (Wildman–Crippen MR) is 94.6 cm³/mol. The molecule has 0 aliphatic heterocycles. The maximum absolute atomic E-state index is 13.6. The Labute approximate surface area is 156 Å². The summed E-state index contributed by atoms with van der Waals surface area (Å²) in [6.45, 7) is -0.831. The molecule has 0 bridgehead atoms. The number of nitro groups is 2. The van der Waals surface area contributed by atoms with Gasteiger partial charge in [-0.25, -0.2) is 9.18 Å². The minimum atomic E-state index is -1.01. The van der Waals surface area contributed by atoms with Gasteiger partial charge in [-0.2, -0.15) is 0 Å². The molecule has 0 fully saturated rings. The number of non-ortho nitro benzene ring substituents is 1. The highest BCUT2D eigenvalue weighted by Gasteiger charge is 2.19. The summed E-state index contributed by atoms with van der Waals surface area (Å²) in [4.78, 5) is 44.0. The Bertz CT molecular complexity index is 964. The van der Waals surface area contributed by atoms with E-state index in [1.54, 1.807) is 0 Å². The molecule has 0 saturated carbocycles. The highest BCUT2D eigenvalue weighted by atomic mass is 19.1. The molecule has 2 rings (SSSR count). The first-order chi connectivity index (χ1) is 13.2. The molecule has 0 saturated heterocycles. The van der Waals surface area contributed by atoms with Gasteiger partial charge in [0.25, 0.3) is 17.3 Å². The van der Waals surface area contributed by atoms with Crippen LogP contribution in [0.3, 0.4) is 0 Å². The van der Waals surface area contributed by atoms with Gasteiger partial charge in [0.05, 0.1) is 21.1 Å². The van der Waals surface area contributed by atoms with Crippen molar-refractivity contribution in [1.29, 1.82) is 0 Å². The van der Waals surface area contributed by atoms with Crippen LogP contribution < -0.4 is 10.6 Å². The van der Waals surface area contributed by atoms with E-state index in [1.807, 2.05) is 5.32 Å². The second-order valence-corrected chi connectivity index (χ2v) is 5.28. The van der Waals surface area contributed by atoms with Crippen LogP contribution in [0.15, 0.2) is 36.4 Å². The number of anilines is 2. The third kappa shape index (κ3) is 4.75. The number of esters is 1. The lowest BCUT2D eigenvalue weighted by atomic mass is 10.1. The van der Waals surface area contributed by atoms with Crippen molar-refractivity contribution in [2.24, 2.45) is 0 Å². The summed E-state index contributed by atoms with van der Waals surface area (Å²) in [5, 5.41) is 26.3. The van der Waals surface area contributed by atoms with Crippen molar-refractivity contribution >= 4 is 34.6 Å². The monoisotopic (exact) mass is 392 g/mol. The van der Waals surface area contributed by atoms with E-state index in [2.05, 4.69) is 5.32 Å². The third-order valence-corrected chi connectivity index (χ3v) is 3.47. The Kier molecular flexibility index (Phi) is 6.16. The van der Waals surface area contributed by atoms with Crippen LogP contribution in [0.4, 0.5) is 27.1 Å². The number of nitrogens with one attached hydrogen (secondary N) is 2. The number of halogens is 1. The molecule has 12 heteroatoms. The smallest absolute Gasteiger partial charge is 0.338 e. The largest absolute Gasteiger partial charge is 0.452 e. The molecule has 0 atom stereocenters. The molecule has 0 aromatic heterocycles. The summed E-state index contributed by atoms with van der Waals surface area (Å²) in [5.74, 6) is -2.88. The van der Waals surface area contributed by atoms with Gasteiger partial charge >= 0.3 is 5.97 Å². The highest BCUT2D eigenvalue weighted by Crippen LogP contribution is 2.25. The minimum Gasteiger partial charge on any atom is -0.452 e. The molecule has 2 aromatic rings. The molecule has 28 heavy (non-hydrogen) atoms. The van der Waals surface area contributed by atoms with Crippen molar-refractivity contribution in [3.8, 4) is 0 Å². The normalized spacial score (nSPS) is 10.1. The van der Waals surface area contributed by atoms with Crippen LogP contribution in [0.25, 0.3) is 0 Å². The Hall–Kier alpha value is -4.09. The van der Waals surface area contributed by atoms with Crippen LogP contribution >= 0.6 is 0 Å². The first-order valence-corrected chi connectivity index (χ1v) is 7.60. The van der Waals surface area contributed by atoms with Crippen molar-refractivity contribution in [2.75, 3.05) is 24.3 Å². The van der Waals surface area contributed by atoms with Gasteiger partial charge in [-0.05, 0) is 18.2 Å². The number of benzene rings is 2. The van der Waals surface area contributed by atoms with Gasteiger partial charge < -0.3 is 15.4 Å². The lowest BCUT2D eigenvalue weighted by Gasteiger charge is -2.08. The molecule has 0 radical (unpaired) electrons. The van der Waals surface area contributed by atoms with E-state index in [4.69, 9.17) is 4.74 Å². The Morgan fingerprint density at radius 2 is 1.79 bits per heavy atom. The number of hydrogen-bond donors (Lipinski definition) is 2. The molecule has 0 aliphatic carbocycles. The molecule has 0 unspecified atom stereocenters. The van der Waals surface area contributed by atoms with Gasteiger partial charge in [0.15, 0.2) is 6.61 Å². The summed E-state index contributed by atoms with van der Waals surface area (Å²) >= 11 is 0. The Morgan fingerprint density at radius 1 is 1.07 bits per heavy atom. The molecule has 11 nitrogen and oxygen atoms in total. The van der Waals surface area contributed by atoms with Crippen molar-refractivity contribution in [3.05, 3.63) is 68.0 Å². The van der Waals surface area contributed by atoms with Crippen LogP contribution in [0, 0.1) is 26.0 Å². The van der Waals surface area contributed by atoms with E-state index >= 15 is 0 Å². The number of rotatable bonds is 7. The first-order valence-electron chi connectivity index (χ1n) is 7.60. The van der Waals surface area contributed by atoms with Crippen LogP contribution in [0.1, 0.15) is 10.4 Å². The second kappa shape index (κ2) is 8.53. The highest BCUT2D eigenvalue weighted by molar-refractivity contribution is 5.96. The fourth-order valence-corrected chi connectivity index (χ4v) is 2.14. The van der Waals surface area contributed by atoms with Crippen molar-refractivity contribution in [2.45, 2.75) is 0 Å². The number of amides is 1. The van der Waals surface area contributed by atoms with Crippen molar-refractivity contribution in [3.63, 3.8) is 0 Å². The van der Waals surface area contributed by atoms with E-state index in [9.17, 15) is 34.2 Å². The van der Waals surface area contributed by atoms with E-state index in [0.29, 0.717) is 0 Å². The van der Waals surface area contributed by atoms with Crippen molar-refractivity contribution < 1.29 is 28.6 Å². The maximum Gasteiger partial charge on any atom is 0.338 e. The van der Waals surface area contributed by atoms with E-state index in [-0.39, 0.29) is 16.9 Å². The summed E-state index contributed by atoms with van der Waals surface area (Å²) in [7, 11) is 1.47. The van der Waals surface area contributed by atoms with E-state index < -0.39 is 45.5 Å². The number of ether oxygens (including phenoxy) is 1. The SMILES string of the molecule is CNc1ccc(C(=O)OCC(=O)Nc2cc([N+](=O)[O-])ccc2F)cc1[N+](=O)[O-]. The fraction of sp³-hybridized carbons (Fsp3) is 0.125. The average molecular weight is 392 g/mol. The molecule has 2 N–H and O–H groups in total. The zero-order valence-corrected chi connectivity index (χ0v) is 14.3. The van der Waals surface area contributed by atoms with E-state index in [1.165, 1.54) is 19.2 Å². The van der Waals surface area contributed by atoms with Gasteiger partial charge in [-0.3, -0.25) is 25.0 Å². The van der Waals surface area contributed by atoms with Crippen LogP contribution in [0.2, 0.25) is 0 Å². The predicted octanol–water partition coefficient (Wildman–Crippen LogP) is 2.48. The standard InChI is InChI=1S/C16H13FN4O7/c1-18-12-5-2-9(6-14(12)21(26)27)16(23)28-8-15(22)19-13-7-10(20(24)25)3-4-11(13)17/h2-7,18H,8H2,1H3,(H,19,22). The molecule has 0 spiro atoms. The van der Waals surface area contributed by atoms with Crippen LogP contribution in [0.5, 0.6) is 0 Å². The van der Waals surface area contributed by atoms with Gasteiger partial charge in [0, 0.05) is 25.2 Å². The lowest BCUT2D eigenvalue weighted by molar-refractivity contribution is -0.384. The van der Waals surface area contributed by atoms with Gasteiger partial charge in [-0.1, -0.05) is 0 Å². The van der Waals surface area contributed by atoms with Crippen LogP contribution in [-0.4, -0.2) is 35.4 Å². The second-order valence-electron chi connectivity index (χ2n) is 5.28. The third-order valence-electron chi connectivity index (χ3n) is 3.47. The first kappa shape index (κ1) is 20.2. The average Bonchev–Trinajstić information content (AvgIpc) is 2.66. The number of hydrogen-bond acceptors (Lipinski definition) is 8. The Morgan fingerprint density at radius 3 is 2.39 bits per heavy atom.